The predicted octanol–water partition coefficient (Wildman–Crippen LogP) is 3.19. The molecule has 29 heavy (non-hydrogen) atoms. The van der Waals surface area contributed by atoms with Crippen LogP contribution in [0.15, 0.2) is 29.4 Å². The Morgan fingerprint density at radius 1 is 1.31 bits per heavy atom. The third kappa shape index (κ3) is 4.04. The van der Waals surface area contributed by atoms with Crippen molar-refractivity contribution < 1.29 is 35.5 Å². The van der Waals surface area contributed by atoms with Crippen molar-refractivity contribution in [2.24, 2.45) is 0 Å². The average Bonchev–Trinajstić information content (AvgIpc) is 3.12. The first kappa shape index (κ1) is 20.6. The number of hydrogen-bond acceptors (Lipinski definition) is 6. The van der Waals surface area contributed by atoms with Gasteiger partial charge in [-0.05, 0) is 6.07 Å². The molecule has 0 spiro atoms. The first-order chi connectivity index (χ1) is 13.8. The zero-order chi connectivity index (χ0) is 21.2. The van der Waals surface area contributed by atoms with Crippen LogP contribution in [0.5, 0.6) is 11.6 Å². The molecule has 0 aliphatic carbocycles. The van der Waals surface area contributed by atoms with Gasteiger partial charge in [0.2, 0.25) is 5.95 Å². The number of rotatable bonds is 8. The molecular formula is C16H14F4N4O4S. The van der Waals surface area contributed by atoms with Crippen LogP contribution in [-0.4, -0.2) is 43.8 Å². The molecule has 0 radical (unpaired) electrons. The number of halogens is 4. The number of hydrogen-bond donors (Lipinski definition) is 2. The molecule has 1 aromatic carbocycles. The molecule has 3 rings (SSSR count). The first-order valence-electron chi connectivity index (χ1n) is 7.98. The van der Waals surface area contributed by atoms with Crippen molar-refractivity contribution in [3.8, 4) is 11.6 Å². The van der Waals surface area contributed by atoms with Gasteiger partial charge in [0.25, 0.3) is 22.3 Å². The summed E-state index contributed by atoms with van der Waals surface area (Å²) in [4.78, 5) is 9.53. The van der Waals surface area contributed by atoms with Crippen LogP contribution in [0, 0.1) is 5.82 Å². The van der Waals surface area contributed by atoms with Crippen molar-refractivity contribution in [1.29, 1.82) is 0 Å². The van der Waals surface area contributed by atoms with E-state index >= 15 is 0 Å². The highest BCUT2D eigenvalue weighted by Crippen LogP contribution is 2.32. The molecular weight excluding hydrogens is 420 g/mol. The molecule has 0 aliphatic heterocycles. The fraction of sp³-hybridized carbons (Fsp3) is 0.250. The lowest BCUT2D eigenvalue weighted by atomic mass is 10.1. The molecule has 0 fully saturated rings. The van der Waals surface area contributed by atoms with Gasteiger partial charge in [-0.2, -0.15) is 4.98 Å². The number of H-pyrrole nitrogens is 1. The third-order valence-electron chi connectivity index (χ3n) is 3.79. The minimum absolute atomic E-state index is 0.00166. The Kier molecular flexibility index (Phi) is 5.77. The van der Waals surface area contributed by atoms with Gasteiger partial charge in [0.05, 0.1) is 24.4 Å². The molecule has 0 saturated carbocycles. The first-order valence-corrected chi connectivity index (χ1v) is 9.47. The number of methoxy groups -OCH3 is 1. The highest BCUT2D eigenvalue weighted by Gasteiger charge is 2.25. The second kappa shape index (κ2) is 8.11. The average molecular weight is 434 g/mol. The number of nitrogens with one attached hydrogen (secondary N) is 2. The van der Waals surface area contributed by atoms with Crippen LogP contribution >= 0.6 is 0 Å². The Morgan fingerprint density at radius 2 is 2.07 bits per heavy atom. The molecule has 8 nitrogen and oxygen atoms in total. The monoisotopic (exact) mass is 434 g/mol. The van der Waals surface area contributed by atoms with E-state index in [1.807, 2.05) is 0 Å². The van der Waals surface area contributed by atoms with Crippen LogP contribution in [0.3, 0.4) is 0 Å². The van der Waals surface area contributed by atoms with Crippen molar-refractivity contribution in [2.75, 3.05) is 25.1 Å². The standard InChI is InChI=1S/C16H14F4N4O4S/c1-27-15-10(28-5-4-17)6-22-16(23-15)24-29(25,26)11-7-21-13-8(11)2-3-9(12(13)18)14(19)20/h2-3,6-7,14,21H,4-5H2,1H3,(H,22,23,24). The fourth-order valence-corrected chi connectivity index (χ4v) is 3.64. The molecule has 0 atom stereocenters. The fourth-order valence-electron chi connectivity index (χ4n) is 2.52. The summed E-state index contributed by atoms with van der Waals surface area (Å²) in [5, 5.41) is -0.130. The smallest absolute Gasteiger partial charge is 0.266 e. The van der Waals surface area contributed by atoms with E-state index in [4.69, 9.17) is 9.47 Å². The van der Waals surface area contributed by atoms with Gasteiger partial charge in [-0.3, -0.25) is 0 Å². The van der Waals surface area contributed by atoms with Crippen LogP contribution in [-0.2, 0) is 10.0 Å². The molecule has 0 saturated heterocycles. The molecule has 2 N–H and O–H groups in total. The van der Waals surface area contributed by atoms with Crippen molar-refractivity contribution in [2.45, 2.75) is 11.3 Å². The maximum atomic E-state index is 14.2. The SMILES string of the molecule is COc1nc(NS(=O)(=O)c2c[nH]c3c(F)c(C(F)F)ccc23)ncc1OCCF. The van der Waals surface area contributed by atoms with Gasteiger partial charge in [0, 0.05) is 11.6 Å². The summed E-state index contributed by atoms with van der Waals surface area (Å²) in [7, 11) is -3.08. The molecule has 0 bridgehead atoms. The Labute approximate surface area is 161 Å². The number of alkyl halides is 3. The largest absolute Gasteiger partial charge is 0.484 e. The number of ether oxygens (including phenoxy) is 2. The number of sulfonamides is 1. The minimum atomic E-state index is -4.32. The molecule has 13 heteroatoms. The van der Waals surface area contributed by atoms with Crippen LogP contribution in [0.1, 0.15) is 12.0 Å². The predicted molar refractivity (Wildman–Crippen MR) is 94.1 cm³/mol. The molecule has 156 valence electrons. The van der Waals surface area contributed by atoms with E-state index in [0.29, 0.717) is 0 Å². The summed E-state index contributed by atoms with van der Waals surface area (Å²) in [5.41, 5.74) is -1.23. The van der Waals surface area contributed by atoms with Crippen molar-refractivity contribution in [1.82, 2.24) is 15.0 Å². The number of anilines is 1. The van der Waals surface area contributed by atoms with E-state index in [9.17, 15) is 26.0 Å². The Hall–Kier alpha value is -3.09. The van der Waals surface area contributed by atoms with Crippen LogP contribution in [0.2, 0.25) is 0 Å². The Balaban J connectivity index is 1.95. The Bertz CT molecular complexity index is 1140. The van der Waals surface area contributed by atoms with E-state index in [0.717, 1.165) is 24.5 Å². The van der Waals surface area contributed by atoms with Crippen molar-refractivity contribution in [3.63, 3.8) is 0 Å². The summed E-state index contributed by atoms with van der Waals surface area (Å²) in [6.45, 7) is -1.03. The maximum absolute atomic E-state index is 14.2. The second-order valence-corrected chi connectivity index (χ2v) is 7.21. The summed E-state index contributed by atoms with van der Waals surface area (Å²) < 4.78 is 89.4. The second-order valence-electron chi connectivity index (χ2n) is 5.56. The lowest BCUT2D eigenvalue weighted by molar-refractivity contribution is 0.146. The van der Waals surface area contributed by atoms with Gasteiger partial charge in [-0.15, -0.1) is 0 Å². The summed E-state index contributed by atoms with van der Waals surface area (Å²) in [6.07, 6.45) is -1.01. The van der Waals surface area contributed by atoms with E-state index < -0.39 is 45.3 Å². The topological polar surface area (TPSA) is 106 Å². The van der Waals surface area contributed by atoms with Crippen molar-refractivity contribution in [3.05, 3.63) is 35.9 Å². The molecule has 0 unspecified atom stereocenters. The van der Waals surface area contributed by atoms with Gasteiger partial charge < -0.3 is 14.5 Å². The van der Waals surface area contributed by atoms with Gasteiger partial charge in [0.15, 0.2) is 11.6 Å². The highest BCUT2D eigenvalue weighted by atomic mass is 32.2. The summed E-state index contributed by atoms with van der Waals surface area (Å²) in [5.74, 6) is -1.78. The summed E-state index contributed by atoms with van der Waals surface area (Å²) >= 11 is 0. The molecule has 2 heterocycles. The van der Waals surface area contributed by atoms with E-state index in [-0.39, 0.29) is 29.1 Å². The highest BCUT2D eigenvalue weighted by molar-refractivity contribution is 7.93. The normalized spacial score (nSPS) is 11.8. The molecule has 0 amide bonds. The molecule has 3 aromatic rings. The quantitative estimate of drug-likeness (QED) is 0.528. The lowest BCUT2D eigenvalue weighted by Crippen LogP contribution is -2.15. The van der Waals surface area contributed by atoms with Gasteiger partial charge in [-0.25, -0.2) is 35.7 Å². The van der Waals surface area contributed by atoms with Crippen molar-refractivity contribution >= 4 is 26.9 Å². The Morgan fingerprint density at radius 3 is 2.72 bits per heavy atom. The van der Waals surface area contributed by atoms with Gasteiger partial charge in [-0.1, -0.05) is 6.07 Å². The zero-order valence-electron chi connectivity index (χ0n) is 14.7. The van der Waals surface area contributed by atoms with Gasteiger partial charge in [0.1, 0.15) is 18.2 Å². The number of benzene rings is 1. The number of aromatic nitrogens is 3. The lowest BCUT2D eigenvalue weighted by Gasteiger charge is -2.10. The third-order valence-corrected chi connectivity index (χ3v) is 5.15. The van der Waals surface area contributed by atoms with Gasteiger partial charge >= 0.3 is 0 Å². The van der Waals surface area contributed by atoms with E-state index in [1.54, 1.807) is 0 Å². The van der Waals surface area contributed by atoms with Crippen LogP contribution < -0.4 is 14.2 Å². The number of nitrogens with zero attached hydrogens (tertiary/aromatic N) is 2. The van der Waals surface area contributed by atoms with Crippen LogP contribution in [0.25, 0.3) is 10.9 Å². The van der Waals surface area contributed by atoms with E-state index in [2.05, 4.69) is 19.7 Å². The number of aromatic amines is 1. The number of fused-ring (bicyclic) bond motifs is 1. The summed E-state index contributed by atoms with van der Waals surface area (Å²) in [6, 6.07) is 1.88. The molecule has 0 aliphatic rings. The molecule has 2 aromatic heterocycles. The van der Waals surface area contributed by atoms with Crippen LogP contribution in [0.4, 0.5) is 23.5 Å². The minimum Gasteiger partial charge on any atom is -0.484 e. The zero-order valence-corrected chi connectivity index (χ0v) is 15.6. The van der Waals surface area contributed by atoms with E-state index in [1.165, 1.54) is 7.11 Å². The maximum Gasteiger partial charge on any atom is 0.266 e.